The minimum Gasteiger partial charge on any atom is -0.508 e. The van der Waals surface area contributed by atoms with Gasteiger partial charge in [0.15, 0.2) is 0 Å². The first-order chi connectivity index (χ1) is 11.0. The Morgan fingerprint density at radius 3 is 1.57 bits per heavy atom. The van der Waals surface area contributed by atoms with Crippen molar-refractivity contribution in [2.75, 3.05) is 0 Å². The van der Waals surface area contributed by atoms with Crippen molar-refractivity contribution in [3.8, 4) is 5.75 Å². The van der Waals surface area contributed by atoms with Gasteiger partial charge in [0.25, 0.3) is 0 Å². The molecule has 3 N–H and O–H groups in total. The Kier molecular flexibility index (Phi) is 7.92. The average molecular weight is 316 g/mol. The van der Waals surface area contributed by atoms with Crippen LogP contribution in [0.2, 0.25) is 0 Å². The van der Waals surface area contributed by atoms with Gasteiger partial charge < -0.3 is 15.3 Å². The van der Waals surface area contributed by atoms with Crippen molar-refractivity contribution in [2.24, 2.45) is 0 Å². The predicted molar refractivity (Wildman–Crippen MR) is 86.5 cm³/mol. The fraction of sp³-hybridized carbons (Fsp3) is 0.222. The van der Waals surface area contributed by atoms with E-state index >= 15 is 0 Å². The van der Waals surface area contributed by atoms with Crippen molar-refractivity contribution in [3.05, 3.63) is 65.7 Å². The Hall–Kier alpha value is -2.82. The fourth-order valence-corrected chi connectivity index (χ4v) is 1.81. The molecule has 0 bridgehead atoms. The van der Waals surface area contributed by atoms with Gasteiger partial charge in [-0.1, -0.05) is 42.5 Å². The molecule has 0 aliphatic heterocycles. The lowest BCUT2D eigenvalue weighted by atomic mass is 10.1. The maximum Gasteiger partial charge on any atom is 0.303 e. The highest BCUT2D eigenvalue weighted by Crippen LogP contribution is 2.10. The Bertz CT molecular complexity index is 605. The van der Waals surface area contributed by atoms with Gasteiger partial charge in [-0.3, -0.25) is 9.59 Å². The number of hydrogen-bond acceptors (Lipinski definition) is 3. The second kappa shape index (κ2) is 10.00. The van der Waals surface area contributed by atoms with Gasteiger partial charge in [-0.05, 0) is 36.1 Å². The largest absolute Gasteiger partial charge is 0.508 e. The second-order valence-electron chi connectivity index (χ2n) is 4.94. The maximum absolute atomic E-state index is 10.2. The third-order valence-electron chi connectivity index (χ3n) is 3.03. The van der Waals surface area contributed by atoms with Crippen LogP contribution in [0.25, 0.3) is 0 Å². The molecule has 2 aromatic carbocycles. The van der Waals surface area contributed by atoms with Crippen molar-refractivity contribution in [2.45, 2.75) is 25.7 Å². The van der Waals surface area contributed by atoms with Crippen LogP contribution in [0.3, 0.4) is 0 Å². The van der Waals surface area contributed by atoms with Crippen LogP contribution < -0.4 is 0 Å². The Labute approximate surface area is 134 Å². The van der Waals surface area contributed by atoms with Gasteiger partial charge in [-0.2, -0.15) is 0 Å². The van der Waals surface area contributed by atoms with Crippen molar-refractivity contribution in [1.82, 2.24) is 0 Å². The highest BCUT2D eigenvalue weighted by atomic mass is 16.4. The number of hydrogen-bond donors (Lipinski definition) is 3. The number of phenols is 1. The van der Waals surface area contributed by atoms with Gasteiger partial charge in [-0.15, -0.1) is 0 Å². The van der Waals surface area contributed by atoms with E-state index in [9.17, 15) is 9.59 Å². The molecule has 0 aromatic heterocycles. The zero-order valence-electron chi connectivity index (χ0n) is 12.7. The van der Waals surface area contributed by atoms with E-state index in [1.807, 2.05) is 30.3 Å². The fourth-order valence-electron chi connectivity index (χ4n) is 1.81. The van der Waals surface area contributed by atoms with Crippen LogP contribution in [0, 0.1) is 0 Å². The quantitative estimate of drug-likeness (QED) is 0.761. The van der Waals surface area contributed by atoms with Crippen LogP contribution in [-0.2, 0) is 22.4 Å². The molecule has 23 heavy (non-hydrogen) atoms. The molecule has 0 heterocycles. The van der Waals surface area contributed by atoms with Crippen LogP contribution in [0.4, 0.5) is 0 Å². The molecule has 122 valence electrons. The molecule has 5 nitrogen and oxygen atoms in total. The lowest BCUT2D eigenvalue weighted by Gasteiger charge is -1.97. The number of aliphatic carboxylic acids is 2. The summed E-state index contributed by atoms with van der Waals surface area (Å²) < 4.78 is 0. The molecular formula is C18H20O5. The standard InChI is InChI=1S/C9H10O3.C9H10O2/c10-8-4-1-7(2-5-8)3-6-9(11)12;10-9(11)7-6-8-4-2-1-3-5-8/h1-2,4-5,10H,3,6H2,(H,11,12);1-5H,6-7H2,(H,10,11). The lowest BCUT2D eigenvalue weighted by molar-refractivity contribution is -0.138. The molecular weight excluding hydrogens is 296 g/mol. The minimum absolute atomic E-state index is 0.130. The minimum atomic E-state index is -0.803. The van der Waals surface area contributed by atoms with Gasteiger partial charge in [0.2, 0.25) is 0 Å². The van der Waals surface area contributed by atoms with Gasteiger partial charge in [0.05, 0.1) is 0 Å². The van der Waals surface area contributed by atoms with E-state index in [1.54, 1.807) is 24.3 Å². The summed E-state index contributed by atoms with van der Waals surface area (Å²) in [5, 5.41) is 25.7. The molecule has 0 saturated heterocycles. The predicted octanol–water partition coefficient (Wildman–Crippen LogP) is 3.11. The number of carboxylic acid groups (broad SMARTS) is 2. The van der Waals surface area contributed by atoms with Crippen molar-refractivity contribution < 1.29 is 24.9 Å². The van der Waals surface area contributed by atoms with Gasteiger partial charge in [-0.25, -0.2) is 0 Å². The number of benzene rings is 2. The third kappa shape index (κ3) is 8.93. The summed E-state index contributed by atoms with van der Waals surface area (Å²) in [4.78, 5) is 20.4. The number of phenolic OH excluding ortho intramolecular Hbond substituents is 1. The van der Waals surface area contributed by atoms with Crippen LogP contribution >= 0.6 is 0 Å². The summed E-state index contributed by atoms with van der Waals surface area (Å²) >= 11 is 0. The molecule has 0 unspecified atom stereocenters. The van der Waals surface area contributed by atoms with E-state index in [0.717, 1.165) is 11.1 Å². The lowest BCUT2D eigenvalue weighted by Crippen LogP contribution is -1.96. The highest BCUT2D eigenvalue weighted by Gasteiger charge is 1.98. The van der Waals surface area contributed by atoms with Crippen LogP contribution in [-0.4, -0.2) is 27.3 Å². The smallest absolute Gasteiger partial charge is 0.303 e. The van der Waals surface area contributed by atoms with Crippen molar-refractivity contribution in [3.63, 3.8) is 0 Å². The Morgan fingerprint density at radius 2 is 1.13 bits per heavy atom. The zero-order chi connectivity index (χ0) is 17.1. The second-order valence-corrected chi connectivity index (χ2v) is 4.94. The SMILES string of the molecule is O=C(O)CCc1ccc(O)cc1.O=C(O)CCc1ccccc1. The summed E-state index contributed by atoms with van der Waals surface area (Å²) in [6.07, 6.45) is 1.47. The van der Waals surface area contributed by atoms with Crippen molar-refractivity contribution >= 4 is 11.9 Å². The monoisotopic (exact) mass is 316 g/mol. The Morgan fingerprint density at radius 1 is 0.696 bits per heavy atom. The first kappa shape index (κ1) is 18.2. The van der Waals surface area contributed by atoms with Crippen molar-refractivity contribution in [1.29, 1.82) is 0 Å². The average Bonchev–Trinajstić information content (AvgIpc) is 2.54. The topological polar surface area (TPSA) is 94.8 Å². The van der Waals surface area contributed by atoms with E-state index in [-0.39, 0.29) is 18.6 Å². The van der Waals surface area contributed by atoms with E-state index in [0.29, 0.717) is 12.8 Å². The molecule has 0 radical (unpaired) electrons. The number of carbonyl (C=O) groups is 2. The van der Waals surface area contributed by atoms with Gasteiger partial charge in [0, 0.05) is 12.8 Å². The summed E-state index contributed by atoms with van der Waals surface area (Å²) in [5.41, 5.74) is 2.00. The van der Waals surface area contributed by atoms with Gasteiger partial charge in [0.1, 0.15) is 5.75 Å². The molecule has 0 aliphatic carbocycles. The van der Waals surface area contributed by atoms with E-state index < -0.39 is 11.9 Å². The maximum atomic E-state index is 10.2. The van der Waals surface area contributed by atoms with Crippen LogP contribution in [0.15, 0.2) is 54.6 Å². The van der Waals surface area contributed by atoms with Crippen LogP contribution in [0.5, 0.6) is 5.75 Å². The van der Waals surface area contributed by atoms with Gasteiger partial charge >= 0.3 is 11.9 Å². The first-order valence-corrected chi connectivity index (χ1v) is 7.23. The molecule has 0 amide bonds. The van der Waals surface area contributed by atoms with E-state index in [1.165, 1.54) is 0 Å². The molecule has 0 spiro atoms. The summed E-state index contributed by atoms with van der Waals surface area (Å²) in [5.74, 6) is -1.34. The molecule has 0 saturated carbocycles. The summed E-state index contributed by atoms with van der Waals surface area (Å²) in [6.45, 7) is 0. The van der Waals surface area contributed by atoms with E-state index in [2.05, 4.69) is 0 Å². The highest BCUT2D eigenvalue weighted by molar-refractivity contribution is 5.67. The molecule has 0 atom stereocenters. The summed E-state index contributed by atoms with van der Waals surface area (Å²) in [7, 11) is 0. The summed E-state index contributed by atoms with van der Waals surface area (Å²) in [6, 6.07) is 16.2. The number of carboxylic acids is 2. The molecule has 5 heteroatoms. The number of aromatic hydroxyl groups is 1. The number of rotatable bonds is 6. The zero-order valence-corrected chi connectivity index (χ0v) is 12.7. The molecule has 2 rings (SSSR count). The Balaban J connectivity index is 0.000000231. The van der Waals surface area contributed by atoms with Crippen LogP contribution in [0.1, 0.15) is 24.0 Å². The normalized spacial score (nSPS) is 9.57. The first-order valence-electron chi connectivity index (χ1n) is 7.23. The molecule has 0 fully saturated rings. The molecule has 0 aliphatic rings. The van der Waals surface area contributed by atoms with E-state index in [4.69, 9.17) is 15.3 Å². The number of aryl methyl sites for hydroxylation is 2. The third-order valence-corrected chi connectivity index (χ3v) is 3.03. The molecule has 2 aromatic rings.